The molecule has 1 aliphatic carbocycles. The number of benzene rings is 4. The van der Waals surface area contributed by atoms with Gasteiger partial charge in [0.15, 0.2) is 11.6 Å². The van der Waals surface area contributed by atoms with E-state index in [1.807, 2.05) is 35.3 Å². The average molecular weight is 716 g/mol. The summed E-state index contributed by atoms with van der Waals surface area (Å²) in [6.45, 7) is 7.19. The van der Waals surface area contributed by atoms with Gasteiger partial charge in [0.05, 0.1) is 11.0 Å². The number of carbonyl (C=O) groups is 1. The van der Waals surface area contributed by atoms with Gasteiger partial charge in [0.2, 0.25) is 18.4 Å². The zero-order chi connectivity index (χ0) is 36.5. The summed E-state index contributed by atoms with van der Waals surface area (Å²) < 4.78 is 92.1. The lowest BCUT2D eigenvalue weighted by molar-refractivity contribution is -0.137. The number of hydrogen-bond donors (Lipinski definition) is 0. The fraction of sp³-hybridized carbons (Fsp3) is 0.244. The third-order valence-electron chi connectivity index (χ3n) is 10.3. The molecule has 7 rings (SSSR count). The quantitative estimate of drug-likeness (QED) is 0.147. The van der Waals surface area contributed by atoms with Crippen molar-refractivity contribution in [2.75, 3.05) is 4.90 Å². The van der Waals surface area contributed by atoms with Crippen LogP contribution >= 0.6 is 7.14 Å². The molecule has 0 radical (unpaired) electrons. The van der Waals surface area contributed by atoms with Crippen molar-refractivity contribution in [3.8, 4) is 5.75 Å². The van der Waals surface area contributed by atoms with Gasteiger partial charge in [0, 0.05) is 40.0 Å². The summed E-state index contributed by atoms with van der Waals surface area (Å²) in [4.78, 5) is 16.3. The van der Waals surface area contributed by atoms with E-state index in [0.717, 1.165) is 30.7 Å². The normalized spacial score (nSPS) is 20.0. The first kappa shape index (κ1) is 34.7. The molecule has 2 aliphatic heterocycles. The van der Waals surface area contributed by atoms with E-state index in [1.165, 1.54) is 6.07 Å². The predicted molar refractivity (Wildman–Crippen MR) is 190 cm³/mol. The van der Waals surface area contributed by atoms with Gasteiger partial charge in [-0.2, -0.15) is 13.2 Å². The number of carbonyl (C=O) groups excluding carboxylic acids is 1. The fourth-order valence-electron chi connectivity index (χ4n) is 7.68. The third-order valence-corrected chi connectivity index (χ3v) is 13.2. The molecule has 0 aromatic heterocycles. The van der Waals surface area contributed by atoms with E-state index in [9.17, 15) is 31.3 Å². The van der Waals surface area contributed by atoms with Crippen molar-refractivity contribution in [2.45, 2.75) is 64.4 Å². The number of halogens is 5. The van der Waals surface area contributed by atoms with Crippen LogP contribution in [0.4, 0.5) is 27.6 Å². The Morgan fingerprint density at radius 2 is 1.59 bits per heavy atom. The first-order chi connectivity index (χ1) is 24.1. The lowest BCUT2D eigenvalue weighted by Crippen LogP contribution is -2.59. The standard InChI is InChI=1S/C41H35F5NO3P/c1-25-19-27(20-26(2)37(25)38(48)51(49,30-11-7-5-8-12-30)31-13-9-6-10-14-31)24-47-35-16-15-29(41(44,45)46)22-32(35)39(3,4)40(47)18-17-28-21-33(42)34(43)23-36(28)50-40/h5,7-9,11-23H,6,10,24H2,1-4H3. The van der Waals surface area contributed by atoms with Gasteiger partial charge in [-0.15, -0.1) is 0 Å². The van der Waals surface area contributed by atoms with Crippen LogP contribution in [0.1, 0.15) is 70.4 Å². The van der Waals surface area contributed by atoms with Crippen molar-refractivity contribution >= 4 is 29.7 Å². The highest BCUT2D eigenvalue weighted by atomic mass is 31.2. The second-order valence-corrected chi connectivity index (χ2v) is 16.5. The molecule has 0 saturated carbocycles. The fourth-order valence-corrected chi connectivity index (χ4v) is 10.4. The minimum atomic E-state index is -4.60. The third kappa shape index (κ3) is 5.48. The van der Waals surface area contributed by atoms with Crippen LogP contribution in [0.5, 0.6) is 5.75 Å². The van der Waals surface area contributed by atoms with Gasteiger partial charge in [-0.05, 0) is 99.2 Å². The molecule has 1 spiro atoms. The molecule has 0 bridgehead atoms. The van der Waals surface area contributed by atoms with Crippen LogP contribution in [-0.2, 0) is 22.7 Å². The zero-order valence-corrected chi connectivity index (χ0v) is 29.3. The van der Waals surface area contributed by atoms with Gasteiger partial charge in [-0.25, -0.2) is 8.78 Å². The minimum absolute atomic E-state index is 0.0503. The van der Waals surface area contributed by atoms with Gasteiger partial charge < -0.3 is 14.2 Å². The molecule has 4 aromatic carbocycles. The van der Waals surface area contributed by atoms with Crippen molar-refractivity contribution in [1.29, 1.82) is 0 Å². The summed E-state index contributed by atoms with van der Waals surface area (Å²) in [5.41, 5.74) is -0.480. The number of allylic oxidation sites excluding steroid dienone is 4. The Bertz CT molecular complexity index is 2210. The Labute approximate surface area is 293 Å². The molecule has 4 nitrogen and oxygen atoms in total. The number of aryl methyl sites for hydroxylation is 2. The zero-order valence-electron chi connectivity index (χ0n) is 28.4. The lowest BCUT2D eigenvalue weighted by atomic mass is 9.76. The van der Waals surface area contributed by atoms with E-state index in [2.05, 4.69) is 0 Å². The number of hydrogen-bond acceptors (Lipinski definition) is 4. The molecule has 0 fully saturated rings. The van der Waals surface area contributed by atoms with Crippen molar-refractivity contribution in [2.24, 2.45) is 0 Å². The highest BCUT2D eigenvalue weighted by molar-refractivity contribution is 7.91. The maximum Gasteiger partial charge on any atom is 0.416 e. The Kier molecular flexibility index (Phi) is 8.29. The van der Waals surface area contributed by atoms with Crippen LogP contribution in [0.25, 0.3) is 6.08 Å². The average Bonchev–Trinajstić information content (AvgIpc) is 3.26. The highest BCUT2D eigenvalue weighted by Gasteiger charge is 2.59. The summed E-state index contributed by atoms with van der Waals surface area (Å²) >= 11 is 0. The van der Waals surface area contributed by atoms with Crippen molar-refractivity contribution in [3.05, 3.63) is 153 Å². The molecule has 0 N–H and O–H groups in total. The monoisotopic (exact) mass is 715 g/mol. The Balaban J connectivity index is 1.33. The second kappa shape index (κ2) is 12.2. The van der Waals surface area contributed by atoms with Gasteiger partial charge >= 0.3 is 6.18 Å². The van der Waals surface area contributed by atoms with Crippen LogP contribution in [0.15, 0.2) is 102 Å². The van der Waals surface area contributed by atoms with Crippen LogP contribution in [0, 0.1) is 25.5 Å². The van der Waals surface area contributed by atoms with E-state index >= 15 is 0 Å². The number of alkyl halides is 3. The van der Waals surface area contributed by atoms with E-state index in [1.54, 1.807) is 70.2 Å². The van der Waals surface area contributed by atoms with Crippen LogP contribution < -0.4 is 14.9 Å². The van der Waals surface area contributed by atoms with Crippen molar-refractivity contribution in [1.82, 2.24) is 0 Å². The topological polar surface area (TPSA) is 46.6 Å². The first-order valence-electron chi connectivity index (χ1n) is 16.6. The SMILES string of the molecule is Cc1cc(CN2c3ccc(C(F)(F)F)cc3C(C)(C)C23C=Cc2cc(F)c(F)cc2O3)cc(C)c1C(=O)P(=O)(C1=CCCC=C1)c1ccccc1. The maximum absolute atomic E-state index is 15.0. The van der Waals surface area contributed by atoms with E-state index in [0.29, 0.717) is 56.1 Å². The molecule has 0 saturated heterocycles. The van der Waals surface area contributed by atoms with Gasteiger partial charge in [0.1, 0.15) is 5.75 Å². The van der Waals surface area contributed by atoms with Gasteiger partial charge in [0.25, 0.3) is 0 Å². The molecule has 2 heterocycles. The van der Waals surface area contributed by atoms with Gasteiger partial charge in [-0.3, -0.25) is 4.79 Å². The summed E-state index contributed by atoms with van der Waals surface area (Å²) in [5.74, 6) is -2.11. The van der Waals surface area contributed by atoms with E-state index in [4.69, 9.17) is 4.74 Å². The summed E-state index contributed by atoms with van der Waals surface area (Å²) in [7, 11) is -3.76. The largest absolute Gasteiger partial charge is 0.463 e. The molecule has 10 heteroatoms. The number of nitrogens with zero attached hydrogens (tertiary/aromatic N) is 1. The van der Waals surface area contributed by atoms with Crippen LogP contribution in [0.3, 0.4) is 0 Å². The van der Waals surface area contributed by atoms with Crippen molar-refractivity contribution < 1.29 is 36.0 Å². The Hall–Kier alpha value is -4.75. The molecule has 51 heavy (non-hydrogen) atoms. The lowest BCUT2D eigenvalue weighted by Gasteiger charge is -2.47. The summed E-state index contributed by atoms with van der Waals surface area (Å²) in [5, 5.41) is 0.950. The van der Waals surface area contributed by atoms with Crippen molar-refractivity contribution in [3.63, 3.8) is 0 Å². The molecule has 2 unspecified atom stereocenters. The van der Waals surface area contributed by atoms with E-state index in [-0.39, 0.29) is 12.3 Å². The van der Waals surface area contributed by atoms with E-state index < -0.39 is 47.2 Å². The van der Waals surface area contributed by atoms with Crippen LogP contribution in [0.2, 0.25) is 0 Å². The second-order valence-electron chi connectivity index (χ2n) is 13.8. The number of ether oxygens (including phenoxy) is 1. The maximum atomic E-state index is 15.0. The first-order valence-corrected chi connectivity index (χ1v) is 18.3. The number of rotatable bonds is 6. The van der Waals surface area contributed by atoms with Crippen LogP contribution in [-0.4, -0.2) is 11.2 Å². The Morgan fingerprint density at radius 3 is 2.24 bits per heavy atom. The molecular weight excluding hydrogens is 680 g/mol. The molecule has 262 valence electrons. The Morgan fingerprint density at radius 1 is 0.902 bits per heavy atom. The molecule has 3 aliphatic rings. The molecule has 0 amide bonds. The number of anilines is 1. The smallest absolute Gasteiger partial charge is 0.416 e. The minimum Gasteiger partial charge on any atom is -0.463 e. The van der Waals surface area contributed by atoms with Gasteiger partial charge in [-0.1, -0.05) is 60.7 Å². The molecule has 4 aromatic rings. The molecule has 2 atom stereocenters. The predicted octanol–water partition coefficient (Wildman–Crippen LogP) is 10.8. The summed E-state index contributed by atoms with van der Waals surface area (Å²) in [6.07, 6.45) is 5.73. The highest BCUT2D eigenvalue weighted by Crippen LogP contribution is 2.59. The summed E-state index contributed by atoms with van der Waals surface area (Å²) in [6, 6.07) is 17.9. The molecular formula is C41H35F5NO3P. The number of fused-ring (bicyclic) bond motifs is 2.